The van der Waals surface area contributed by atoms with E-state index in [9.17, 15) is 4.79 Å². The van der Waals surface area contributed by atoms with Crippen LogP contribution in [0, 0.1) is 13.8 Å². The van der Waals surface area contributed by atoms with E-state index < -0.39 is 0 Å². The fourth-order valence-corrected chi connectivity index (χ4v) is 2.33. The fraction of sp³-hybridized carbons (Fsp3) is 0.312. The molecule has 2 rings (SSSR count). The SMILES string of the molecule is C/C=C\C(=C/C)CC(=O)Nc1noc2nc(C)c(Cl)c(C)c12. The topological polar surface area (TPSA) is 68.0 Å². The van der Waals surface area contributed by atoms with E-state index in [1.807, 2.05) is 39.0 Å². The molecule has 0 bridgehead atoms. The lowest BCUT2D eigenvalue weighted by atomic mass is 10.1. The number of fused-ring (bicyclic) bond motifs is 1. The van der Waals surface area contributed by atoms with Crippen molar-refractivity contribution in [2.45, 2.75) is 34.1 Å². The van der Waals surface area contributed by atoms with Gasteiger partial charge < -0.3 is 9.84 Å². The maximum Gasteiger partial charge on any atom is 0.260 e. The van der Waals surface area contributed by atoms with E-state index in [1.54, 1.807) is 6.92 Å². The van der Waals surface area contributed by atoms with Gasteiger partial charge in [0.05, 0.1) is 22.5 Å². The number of anilines is 1. The minimum absolute atomic E-state index is 0.169. The van der Waals surface area contributed by atoms with Crippen LogP contribution in [0.15, 0.2) is 28.3 Å². The van der Waals surface area contributed by atoms with E-state index in [1.165, 1.54) is 0 Å². The molecule has 6 heteroatoms. The lowest BCUT2D eigenvalue weighted by molar-refractivity contribution is -0.115. The predicted molar refractivity (Wildman–Crippen MR) is 88.1 cm³/mol. The summed E-state index contributed by atoms with van der Waals surface area (Å²) in [5.74, 6) is 0.181. The van der Waals surface area contributed by atoms with Gasteiger partial charge in [-0.05, 0) is 38.8 Å². The molecule has 2 heterocycles. The second-order valence-corrected chi connectivity index (χ2v) is 5.31. The lowest BCUT2D eigenvalue weighted by Crippen LogP contribution is -2.12. The molecule has 0 aromatic carbocycles. The third kappa shape index (κ3) is 3.20. The smallest absolute Gasteiger partial charge is 0.260 e. The third-order valence-electron chi connectivity index (χ3n) is 3.34. The van der Waals surface area contributed by atoms with Crippen LogP contribution in [-0.2, 0) is 4.79 Å². The van der Waals surface area contributed by atoms with Gasteiger partial charge in [0.1, 0.15) is 0 Å². The summed E-state index contributed by atoms with van der Waals surface area (Å²) in [7, 11) is 0. The van der Waals surface area contributed by atoms with Crippen molar-refractivity contribution in [1.29, 1.82) is 0 Å². The van der Waals surface area contributed by atoms with Gasteiger partial charge in [-0.2, -0.15) is 0 Å². The largest absolute Gasteiger partial charge is 0.334 e. The van der Waals surface area contributed by atoms with E-state index in [2.05, 4.69) is 15.5 Å². The summed E-state index contributed by atoms with van der Waals surface area (Å²) in [6.07, 6.45) is 5.95. The van der Waals surface area contributed by atoms with Crippen LogP contribution in [0.5, 0.6) is 0 Å². The zero-order valence-electron chi connectivity index (χ0n) is 13.0. The van der Waals surface area contributed by atoms with Crippen molar-refractivity contribution < 1.29 is 9.32 Å². The van der Waals surface area contributed by atoms with Crippen LogP contribution in [0.25, 0.3) is 11.1 Å². The number of nitrogens with one attached hydrogen (secondary N) is 1. The van der Waals surface area contributed by atoms with E-state index in [0.717, 1.165) is 11.1 Å². The number of carbonyl (C=O) groups excluding carboxylic acids is 1. The van der Waals surface area contributed by atoms with Crippen LogP contribution >= 0.6 is 11.6 Å². The molecule has 22 heavy (non-hydrogen) atoms. The first-order valence-electron chi connectivity index (χ1n) is 6.97. The Kier molecular flexibility index (Phi) is 4.98. The quantitative estimate of drug-likeness (QED) is 0.851. The van der Waals surface area contributed by atoms with Crippen molar-refractivity contribution in [2.24, 2.45) is 0 Å². The van der Waals surface area contributed by atoms with Crippen molar-refractivity contribution in [3.63, 3.8) is 0 Å². The molecule has 2 aromatic rings. The normalized spacial score (nSPS) is 12.3. The van der Waals surface area contributed by atoms with Gasteiger partial charge in [0.15, 0.2) is 5.82 Å². The first-order valence-corrected chi connectivity index (χ1v) is 7.35. The van der Waals surface area contributed by atoms with Crippen LogP contribution in [-0.4, -0.2) is 16.0 Å². The Labute approximate surface area is 134 Å². The molecule has 1 N–H and O–H groups in total. The molecule has 0 saturated carbocycles. The van der Waals surface area contributed by atoms with Crippen molar-refractivity contribution in [2.75, 3.05) is 5.32 Å². The molecule has 0 aliphatic rings. The Morgan fingerprint density at radius 2 is 2.09 bits per heavy atom. The number of aryl methyl sites for hydroxylation is 2. The molecular weight excluding hydrogens is 302 g/mol. The maximum absolute atomic E-state index is 12.1. The second kappa shape index (κ2) is 6.75. The van der Waals surface area contributed by atoms with Gasteiger partial charge in [-0.1, -0.05) is 35.0 Å². The van der Waals surface area contributed by atoms with Crippen molar-refractivity contribution >= 4 is 34.4 Å². The Morgan fingerprint density at radius 3 is 2.73 bits per heavy atom. The number of hydrogen-bond donors (Lipinski definition) is 1. The van der Waals surface area contributed by atoms with Crippen molar-refractivity contribution in [1.82, 2.24) is 10.1 Å². The zero-order valence-corrected chi connectivity index (χ0v) is 13.8. The Morgan fingerprint density at radius 1 is 1.36 bits per heavy atom. The molecule has 0 radical (unpaired) electrons. The molecule has 0 spiro atoms. The van der Waals surface area contributed by atoms with Gasteiger partial charge in [0.2, 0.25) is 5.91 Å². The molecule has 0 unspecified atom stereocenters. The molecule has 0 fully saturated rings. The highest BCUT2D eigenvalue weighted by Gasteiger charge is 2.18. The molecule has 0 saturated heterocycles. The van der Waals surface area contributed by atoms with E-state index in [4.69, 9.17) is 16.1 Å². The van der Waals surface area contributed by atoms with Gasteiger partial charge in [0, 0.05) is 0 Å². The Bertz CT molecular complexity index is 775. The van der Waals surface area contributed by atoms with Gasteiger partial charge in [-0.25, -0.2) is 4.98 Å². The number of amides is 1. The number of aromatic nitrogens is 2. The number of rotatable bonds is 4. The molecule has 116 valence electrons. The lowest BCUT2D eigenvalue weighted by Gasteiger charge is -2.05. The molecule has 2 aromatic heterocycles. The van der Waals surface area contributed by atoms with Crippen molar-refractivity contribution in [3.8, 4) is 0 Å². The van der Waals surface area contributed by atoms with Crippen LogP contribution in [0.3, 0.4) is 0 Å². The summed E-state index contributed by atoms with van der Waals surface area (Å²) < 4.78 is 5.18. The molecule has 5 nitrogen and oxygen atoms in total. The minimum atomic E-state index is -0.169. The van der Waals surface area contributed by atoms with Gasteiger partial charge in [-0.3, -0.25) is 4.79 Å². The van der Waals surface area contributed by atoms with E-state index in [0.29, 0.717) is 27.6 Å². The van der Waals surface area contributed by atoms with Gasteiger partial charge in [-0.15, -0.1) is 0 Å². The monoisotopic (exact) mass is 319 g/mol. The molecule has 1 amide bonds. The number of hydrogen-bond acceptors (Lipinski definition) is 4. The first-order chi connectivity index (χ1) is 10.5. The Hall–Kier alpha value is -2.14. The number of allylic oxidation sites excluding steroid dienone is 3. The second-order valence-electron chi connectivity index (χ2n) is 4.94. The predicted octanol–water partition coefficient (Wildman–Crippen LogP) is 4.34. The maximum atomic E-state index is 12.1. The molecule has 0 aliphatic carbocycles. The van der Waals surface area contributed by atoms with Crippen LogP contribution in [0.1, 0.15) is 31.5 Å². The number of nitrogens with zero attached hydrogens (tertiary/aromatic N) is 2. The van der Waals surface area contributed by atoms with Crippen molar-refractivity contribution in [3.05, 3.63) is 40.1 Å². The highest BCUT2D eigenvalue weighted by Crippen LogP contribution is 2.31. The fourth-order valence-electron chi connectivity index (χ4n) is 2.20. The molecule has 0 atom stereocenters. The highest BCUT2D eigenvalue weighted by atomic mass is 35.5. The van der Waals surface area contributed by atoms with Crippen LogP contribution in [0.2, 0.25) is 5.02 Å². The zero-order chi connectivity index (χ0) is 16.3. The third-order valence-corrected chi connectivity index (χ3v) is 3.90. The summed E-state index contributed by atoms with van der Waals surface area (Å²) >= 11 is 6.21. The van der Waals surface area contributed by atoms with Gasteiger partial charge >= 0.3 is 0 Å². The van der Waals surface area contributed by atoms with Crippen LogP contribution < -0.4 is 5.32 Å². The summed E-state index contributed by atoms with van der Waals surface area (Å²) in [6.45, 7) is 7.45. The summed E-state index contributed by atoms with van der Waals surface area (Å²) in [6, 6.07) is 0. The standard InChI is InChI=1S/C16H18ClN3O2/c1-5-7-11(6-2)8-12(21)19-15-13-9(3)14(17)10(4)18-16(13)22-20-15/h5-7H,8H2,1-4H3,(H,19,20,21)/b7-5-,11-6+. The van der Waals surface area contributed by atoms with E-state index >= 15 is 0 Å². The number of halogens is 1. The Balaban J connectivity index is 2.29. The summed E-state index contributed by atoms with van der Waals surface area (Å²) in [5.41, 5.74) is 2.76. The summed E-state index contributed by atoms with van der Waals surface area (Å²) in [5, 5.41) is 7.84. The minimum Gasteiger partial charge on any atom is -0.334 e. The molecular formula is C16H18ClN3O2. The number of carbonyl (C=O) groups is 1. The summed E-state index contributed by atoms with van der Waals surface area (Å²) in [4.78, 5) is 16.4. The first kappa shape index (κ1) is 16.2. The molecule has 0 aliphatic heterocycles. The average Bonchev–Trinajstić information content (AvgIpc) is 2.87. The average molecular weight is 320 g/mol. The highest BCUT2D eigenvalue weighted by molar-refractivity contribution is 6.33. The van der Waals surface area contributed by atoms with Crippen LogP contribution in [0.4, 0.5) is 5.82 Å². The van der Waals surface area contributed by atoms with Gasteiger partial charge in [0.25, 0.3) is 5.71 Å². The number of pyridine rings is 1. The van der Waals surface area contributed by atoms with E-state index in [-0.39, 0.29) is 12.3 Å².